The van der Waals surface area contributed by atoms with Crippen molar-refractivity contribution < 1.29 is 8.42 Å². The van der Waals surface area contributed by atoms with E-state index in [-0.39, 0.29) is 11.3 Å². The first kappa shape index (κ1) is 15.2. The first-order chi connectivity index (χ1) is 8.57. The number of hydrogen-bond donors (Lipinski definition) is 1. The van der Waals surface area contributed by atoms with Gasteiger partial charge >= 0.3 is 0 Å². The molecule has 0 aromatic rings. The highest BCUT2D eigenvalue weighted by Crippen LogP contribution is 2.33. The fourth-order valence-electron chi connectivity index (χ4n) is 2.64. The summed E-state index contributed by atoms with van der Waals surface area (Å²) in [5.74, 6) is 0.517. The van der Waals surface area contributed by atoms with Gasteiger partial charge in [-0.05, 0) is 25.2 Å². The molecule has 0 aromatic heterocycles. The van der Waals surface area contributed by atoms with Crippen LogP contribution in [0.25, 0.3) is 0 Å². The minimum absolute atomic E-state index is 0.226. The van der Waals surface area contributed by atoms with E-state index in [1.54, 1.807) is 11.8 Å². The molecule has 6 heteroatoms. The summed E-state index contributed by atoms with van der Waals surface area (Å²) >= 11 is 1.77. The first-order valence-electron chi connectivity index (χ1n) is 6.77. The minimum Gasteiger partial charge on any atom is -0.359 e. The maximum Gasteiger partial charge on any atom is 0.157 e. The van der Waals surface area contributed by atoms with Crippen LogP contribution in [-0.2, 0) is 9.84 Å². The van der Waals surface area contributed by atoms with Crippen molar-refractivity contribution >= 4 is 26.8 Å². The van der Waals surface area contributed by atoms with Gasteiger partial charge in [-0.3, -0.25) is 4.99 Å². The number of rotatable bonds is 2. The van der Waals surface area contributed by atoms with Crippen LogP contribution in [0.4, 0.5) is 0 Å². The molecule has 0 saturated carbocycles. The van der Waals surface area contributed by atoms with Gasteiger partial charge < -0.3 is 5.32 Å². The van der Waals surface area contributed by atoms with Crippen LogP contribution in [0.5, 0.6) is 0 Å². The topological polar surface area (TPSA) is 58.5 Å². The van der Waals surface area contributed by atoms with Gasteiger partial charge in [0.25, 0.3) is 0 Å². The molecule has 2 unspecified atom stereocenters. The van der Waals surface area contributed by atoms with Crippen molar-refractivity contribution in [3.63, 3.8) is 0 Å². The van der Waals surface area contributed by atoms with Crippen molar-refractivity contribution in [1.82, 2.24) is 5.32 Å². The van der Waals surface area contributed by atoms with Crippen LogP contribution in [0.15, 0.2) is 4.99 Å². The largest absolute Gasteiger partial charge is 0.359 e. The Morgan fingerprint density at radius 2 is 2.16 bits per heavy atom. The third-order valence-corrected chi connectivity index (χ3v) is 6.48. The van der Waals surface area contributed by atoms with Crippen LogP contribution in [0.2, 0.25) is 0 Å². The molecule has 2 heterocycles. The molecule has 0 amide bonds. The summed E-state index contributed by atoms with van der Waals surface area (Å²) < 4.78 is 23.2. The lowest BCUT2D eigenvalue weighted by atomic mass is 9.90. The third kappa shape index (κ3) is 4.38. The average molecular weight is 304 g/mol. The number of thioether (sulfide) groups is 1. The zero-order valence-electron chi connectivity index (χ0n) is 12.2. The predicted octanol–water partition coefficient (Wildman–Crippen LogP) is 2.06. The monoisotopic (exact) mass is 304 g/mol. The van der Waals surface area contributed by atoms with Crippen LogP contribution in [0.1, 0.15) is 40.5 Å². The second kappa shape index (κ2) is 4.95. The Morgan fingerprint density at radius 3 is 2.68 bits per heavy atom. The molecule has 19 heavy (non-hydrogen) atoms. The highest BCUT2D eigenvalue weighted by Gasteiger charge is 2.40. The van der Waals surface area contributed by atoms with E-state index in [1.165, 1.54) is 0 Å². The molecule has 2 atom stereocenters. The van der Waals surface area contributed by atoms with Crippen molar-refractivity contribution in [3.05, 3.63) is 0 Å². The Bertz CT molecular complexity index is 479. The van der Waals surface area contributed by atoms with E-state index in [2.05, 4.69) is 31.1 Å². The summed E-state index contributed by atoms with van der Waals surface area (Å²) in [5.41, 5.74) is -0.0233. The van der Waals surface area contributed by atoms with Gasteiger partial charge in [-0.1, -0.05) is 32.5 Å². The van der Waals surface area contributed by atoms with E-state index in [4.69, 9.17) is 0 Å². The number of amidine groups is 1. The second-order valence-corrected chi connectivity index (χ2v) is 10.7. The van der Waals surface area contributed by atoms with Gasteiger partial charge in [0.05, 0.1) is 23.6 Å². The number of aliphatic imine (C=N–C) groups is 1. The quantitative estimate of drug-likeness (QED) is 0.848. The molecule has 2 rings (SSSR count). The molecule has 2 aliphatic heterocycles. The van der Waals surface area contributed by atoms with E-state index in [1.807, 2.05) is 6.92 Å². The lowest BCUT2D eigenvalue weighted by molar-refractivity contribution is 0.375. The van der Waals surface area contributed by atoms with Crippen molar-refractivity contribution in [2.75, 3.05) is 18.1 Å². The molecule has 4 nitrogen and oxygen atoms in total. The number of hydrogen-bond acceptors (Lipinski definition) is 5. The molecule has 1 N–H and O–H groups in total. The highest BCUT2D eigenvalue weighted by atomic mass is 32.2. The predicted molar refractivity (Wildman–Crippen MR) is 82.6 cm³/mol. The van der Waals surface area contributed by atoms with Crippen molar-refractivity contribution in [3.8, 4) is 0 Å². The SMILES string of the molecule is CC(C)(C)CC1CN=C(NC2(C)CCS(=O)(=O)C2)S1. The summed E-state index contributed by atoms with van der Waals surface area (Å²) in [5, 5.41) is 4.80. The number of sulfone groups is 1. The standard InChI is InChI=1S/C13H24N2O2S2/c1-12(2,3)7-10-8-14-11(18-10)15-13(4)5-6-19(16,17)9-13/h10H,5-9H2,1-4H3,(H,14,15). The Hall–Kier alpha value is -0.230. The molecular weight excluding hydrogens is 280 g/mol. The van der Waals surface area contributed by atoms with Gasteiger partial charge in [0, 0.05) is 5.25 Å². The van der Waals surface area contributed by atoms with Crippen LogP contribution >= 0.6 is 11.8 Å². The van der Waals surface area contributed by atoms with E-state index >= 15 is 0 Å². The van der Waals surface area contributed by atoms with Gasteiger partial charge in [-0.2, -0.15) is 0 Å². The lowest BCUT2D eigenvalue weighted by Crippen LogP contribution is -2.45. The molecule has 0 spiro atoms. The highest BCUT2D eigenvalue weighted by molar-refractivity contribution is 8.14. The van der Waals surface area contributed by atoms with Gasteiger partial charge in [0.15, 0.2) is 15.0 Å². The van der Waals surface area contributed by atoms with Gasteiger partial charge in [-0.15, -0.1) is 0 Å². The molecule has 0 radical (unpaired) electrons. The van der Waals surface area contributed by atoms with E-state index < -0.39 is 9.84 Å². The fraction of sp³-hybridized carbons (Fsp3) is 0.923. The summed E-state index contributed by atoms with van der Waals surface area (Å²) in [7, 11) is -2.86. The van der Waals surface area contributed by atoms with Crippen molar-refractivity contribution in [2.24, 2.45) is 10.4 Å². The maximum atomic E-state index is 11.6. The molecule has 0 aromatic carbocycles. The van der Waals surface area contributed by atoms with Crippen molar-refractivity contribution in [1.29, 1.82) is 0 Å². The molecule has 2 aliphatic rings. The molecule has 110 valence electrons. The van der Waals surface area contributed by atoms with E-state index in [9.17, 15) is 8.42 Å². The Labute approximate surface area is 120 Å². The van der Waals surface area contributed by atoms with Crippen LogP contribution in [0, 0.1) is 5.41 Å². The molecule has 1 fully saturated rings. The van der Waals surface area contributed by atoms with Gasteiger partial charge in [0.2, 0.25) is 0 Å². The molecule has 0 aliphatic carbocycles. The summed E-state index contributed by atoms with van der Waals surface area (Å²) in [6.07, 6.45) is 1.81. The normalized spacial score (nSPS) is 34.3. The van der Waals surface area contributed by atoms with Crippen LogP contribution in [0.3, 0.4) is 0 Å². The van der Waals surface area contributed by atoms with E-state index in [0.29, 0.717) is 22.8 Å². The molecular formula is C13H24N2O2S2. The average Bonchev–Trinajstić information content (AvgIpc) is 2.69. The molecule has 1 saturated heterocycles. The summed E-state index contributed by atoms with van der Waals surface area (Å²) in [6, 6.07) is 0. The summed E-state index contributed by atoms with van der Waals surface area (Å²) in [6.45, 7) is 9.54. The Kier molecular flexibility index (Phi) is 3.95. The Balaban J connectivity index is 1.89. The minimum atomic E-state index is -2.86. The summed E-state index contributed by atoms with van der Waals surface area (Å²) in [4.78, 5) is 4.53. The van der Waals surface area contributed by atoms with Crippen LogP contribution in [-0.4, -0.2) is 42.4 Å². The third-order valence-electron chi connectivity index (χ3n) is 3.47. The Morgan fingerprint density at radius 1 is 1.47 bits per heavy atom. The van der Waals surface area contributed by atoms with Gasteiger partial charge in [-0.25, -0.2) is 8.42 Å². The molecule has 0 bridgehead atoms. The van der Waals surface area contributed by atoms with E-state index in [0.717, 1.165) is 18.1 Å². The first-order valence-corrected chi connectivity index (χ1v) is 9.47. The van der Waals surface area contributed by atoms with Crippen molar-refractivity contribution in [2.45, 2.75) is 51.3 Å². The number of nitrogens with zero attached hydrogens (tertiary/aromatic N) is 1. The smallest absolute Gasteiger partial charge is 0.157 e. The maximum absolute atomic E-state index is 11.6. The fourth-order valence-corrected chi connectivity index (χ4v) is 6.24. The lowest BCUT2D eigenvalue weighted by Gasteiger charge is -2.26. The van der Waals surface area contributed by atoms with Crippen LogP contribution < -0.4 is 5.32 Å². The second-order valence-electron chi connectivity index (χ2n) is 7.18. The van der Waals surface area contributed by atoms with Gasteiger partial charge in [0.1, 0.15) is 0 Å². The number of nitrogens with one attached hydrogen (secondary N) is 1. The zero-order valence-corrected chi connectivity index (χ0v) is 13.8. The zero-order chi connectivity index (χ0) is 14.3.